The highest BCUT2D eigenvalue weighted by Crippen LogP contribution is 2.32. The van der Waals surface area contributed by atoms with E-state index in [0.29, 0.717) is 23.5 Å². The number of carbonyl (C=O) groups is 2. The summed E-state index contributed by atoms with van der Waals surface area (Å²) in [5.74, 6) is 0.625. The highest BCUT2D eigenvalue weighted by atomic mass is 16.6. The molecule has 234 valence electrons. The lowest BCUT2D eigenvalue weighted by Crippen LogP contribution is -2.35. The average Bonchev–Trinajstić information content (AvgIpc) is 3.86. The first-order chi connectivity index (χ1) is 21.6. The van der Waals surface area contributed by atoms with Crippen LogP contribution in [0, 0.1) is 6.92 Å². The molecule has 1 aliphatic rings. The largest absolute Gasteiger partial charge is 0.491 e. The van der Waals surface area contributed by atoms with E-state index < -0.39 is 11.6 Å². The topological polar surface area (TPSA) is 115 Å². The number of para-hydroxylation sites is 1. The Labute approximate surface area is 263 Å². The lowest BCUT2D eigenvalue weighted by Gasteiger charge is -2.29. The van der Waals surface area contributed by atoms with Crippen molar-refractivity contribution in [3.05, 3.63) is 118 Å². The van der Waals surface area contributed by atoms with Gasteiger partial charge in [-0.25, -0.2) is 9.78 Å². The van der Waals surface area contributed by atoms with Crippen LogP contribution < -0.4 is 20.9 Å². The zero-order chi connectivity index (χ0) is 32.0. The minimum atomic E-state index is -0.760. The van der Waals surface area contributed by atoms with E-state index >= 15 is 0 Å². The smallest absolute Gasteiger partial charge is 0.409 e. The molecule has 1 fully saturated rings. The Morgan fingerprint density at radius 2 is 1.78 bits per heavy atom. The first-order valence-corrected chi connectivity index (χ1v) is 15.0. The van der Waals surface area contributed by atoms with Crippen LogP contribution in [0.2, 0.25) is 0 Å². The van der Waals surface area contributed by atoms with Gasteiger partial charge in [-0.05, 0) is 62.9 Å². The summed E-state index contributed by atoms with van der Waals surface area (Å²) in [6.45, 7) is 6.53. The number of ether oxygens (including phenoxy) is 2. The molecule has 0 unspecified atom stereocenters. The number of hydrogen-bond donors (Lipinski definition) is 2. The molecule has 1 aliphatic carbocycles. The third kappa shape index (κ3) is 7.89. The number of rotatable bonds is 12. The summed E-state index contributed by atoms with van der Waals surface area (Å²) in [4.78, 5) is 44.7. The van der Waals surface area contributed by atoms with Gasteiger partial charge in [-0.1, -0.05) is 54.6 Å². The van der Waals surface area contributed by atoms with E-state index in [0.717, 1.165) is 29.5 Å². The van der Waals surface area contributed by atoms with Gasteiger partial charge < -0.3 is 25.0 Å². The third-order valence-electron chi connectivity index (χ3n) is 7.68. The number of amides is 2. The Morgan fingerprint density at radius 3 is 2.53 bits per heavy atom. The maximum Gasteiger partial charge on any atom is 0.409 e. The van der Waals surface area contributed by atoms with E-state index in [2.05, 4.69) is 15.6 Å². The fraction of sp³-hybridized carbons (Fsp3) is 0.314. The molecule has 1 heterocycles. The first-order valence-electron chi connectivity index (χ1n) is 15.0. The lowest BCUT2D eigenvalue weighted by atomic mass is 9.93. The van der Waals surface area contributed by atoms with E-state index in [1.54, 1.807) is 31.6 Å². The molecule has 4 aromatic rings. The molecule has 5 rings (SSSR count). The molecule has 1 aromatic heterocycles. The molecule has 10 nitrogen and oxygen atoms in total. The van der Waals surface area contributed by atoms with Crippen molar-refractivity contribution in [3.63, 3.8) is 0 Å². The van der Waals surface area contributed by atoms with Crippen LogP contribution in [0.1, 0.15) is 53.7 Å². The number of aromatic nitrogens is 2. The molecule has 0 radical (unpaired) electrons. The molecule has 0 spiro atoms. The van der Waals surface area contributed by atoms with Crippen molar-refractivity contribution in [2.75, 3.05) is 25.5 Å². The van der Waals surface area contributed by atoms with Gasteiger partial charge in [0.1, 0.15) is 19.0 Å². The molecule has 2 N–H and O–H groups in total. The average molecular weight is 610 g/mol. The Morgan fingerprint density at radius 1 is 1.04 bits per heavy atom. The van der Waals surface area contributed by atoms with Crippen LogP contribution in [0.25, 0.3) is 5.69 Å². The molecule has 0 saturated heterocycles. The van der Waals surface area contributed by atoms with E-state index in [1.165, 1.54) is 9.47 Å². The van der Waals surface area contributed by atoms with Gasteiger partial charge in [0.05, 0.1) is 17.8 Å². The number of aryl methyl sites for hydroxylation is 1. The van der Waals surface area contributed by atoms with E-state index in [1.807, 2.05) is 81.4 Å². The number of nitrogens with zero attached hydrogens (tertiary/aromatic N) is 3. The molecule has 45 heavy (non-hydrogen) atoms. The molecule has 0 bridgehead atoms. The molecule has 2 amide bonds. The zero-order valence-corrected chi connectivity index (χ0v) is 26.1. The van der Waals surface area contributed by atoms with Crippen molar-refractivity contribution >= 4 is 17.8 Å². The predicted molar refractivity (Wildman–Crippen MR) is 173 cm³/mol. The number of likely N-dealkylation sites (N-methyl/N-ethyl adjacent to an activating group) is 1. The van der Waals surface area contributed by atoms with Crippen molar-refractivity contribution in [2.45, 2.75) is 51.8 Å². The zero-order valence-electron chi connectivity index (χ0n) is 26.1. The monoisotopic (exact) mass is 609 g/mol. The molecule has 0 aliphatic heterocycles. The Kier molecular flexibility index (Phi) is 9.51. The van der Waals surface area contributed by atoms with E-state index in [-0.39, 0.29) is 36.5 Å². The molecule has 1 saturated carbocycles. The van der Waals surface area contributed by atoms with E-state index in [4.69, 9.17) is 9.47 Å². The molecular weight excluding hydrogens is 570 g/mol. The number of hydrogen-bond acceptors (Lipinski definition) is 7. The van der Waals surface area contributed by atoms with Gasteiger partial charge in [0.2, 0.25) is 0 Å². The van der Waals surface area contributed by atoms with Crippen LogP contribution in [0.5, 0.6) is 5.75 Å². The van der Waals surface area contributed by atoms with E-state index in [9.17, 15) is 14.4 Å². The van der Waals surface area contributed by atoms with Crippen molar-refractivity contribution in [3.8, 4) is 11.4 Å². The predicted octanol–water partition coefficient (Wildman–Crippen LogP) is 5.43. The minimum Gasteiger partial charge on any atom is -0.491 e. The second-order valence-corrected chi connectivity index (χ2v) is 11.8. The fourth-order valence-electron chi connectivity index (χ4n) is 4.88. The highest BCUT2D eigenvalue weighted by molar-refractivity contribution is 5.95. The number of nitrogens with one attached hydrogen (secondary N) is 2. The number of anilines is 1. The van der Waals surface area contributed by atoms with Crippen molar-refractivity contribution in [1.82, 2.24) is 19.8 Å². The van der Waals surface area contributed by atoms with Gasteiger partial charge in [0, 0.05) is 36.6 Å². The van der Waals surface area contributed by atoms with Crippen molar-refractivity contribution in [2.24, 2.45) is 0 Å². The van der Waals surface area contributed by atoms with Crippen LogP contribution >= 0.6 is 0 Å². The summed E-state index contributed by atoms with van der Waals surface area (Å²) in [6.07, 6.45) is 4.71. The Balaban J connectivity index is 1.26. The highest BCUT2D eigenvalue weighted by Gasteiger charge is 2.27. The van der Waals surface area contributed by atoms with Gasteiger partial charge in [0.25, 0.3) is 11.5 Å². The second kappa shape index (κ2) is 13.7. The molecule has 10 heteroatoms. The maximum atomic E-state index is 13.7. The quantitative estimate of drug-likeness (QED) is 0.220. The van der Waals surface area contributed by atoms with Crippen LogP contribution in [0.15, 0.2) is 90.0 Å². The van der Waals surface area contributed by atoms with Gasteiger partial charge in [-0.15, -0.1) is 0 Å². The summed E-state index contributed by atoms with van der Waals surface area (Å²) >= 11 is 0. The Hall–Kier alpha value is -5.12. The van der Waals surface area contributed by atoms with Gasteiger partial charge in [-0.3, -0.25) is 14.2 Å². The molecule has 0 atom stereocenters. The van der Waals surface area contributed by atoms with Gasteiger partial charge >= 0.3 is 6.09 Å². The number of benzene rings is 3. The summed E-state index contributed by atoms with van der Waals surface area (Å²) in [5, 5.41) is 6.30. The second-order valence-electron chi connectivity index (χ2n) is 11.8. The van der Waals surface area contributed by atoms with Gasteiger partial charge in [0.15, 0.2) is 5.82 Å². The standard InChI is InChI=1S/C35H39N5O5/c1-24-14-15-26(32(41)37-27-16-17-27)22-29(24)40-19-18-36-31(33(40)42)38-35(2,3)28-12-8-9-13-30(28)44-21-20-39(4)34(43)45-23-25-10-6-5-7-11-25/h5-15,18-19,22,27H,16-17,20-21,23H2,1-4H3,(H,36,38)(H,37,41). The summed E-state index contributed by atoms with van der Waals surface area (Å²) in [5.41, 5.74) is 2.59. The summed E-state index contributed by atoms with van der Waals surface area (Å²) < 4.78 is 13.0. The molecule has 3 aromatic carbocycles. The fourth-order valence-corrected chi connectivity index (χ4v) is 4.88. The van der Waals surface area contributed by atoms with Crippen molar-refractivity contribution in [1.29, 1.82) is 0 Å². The normalized spacial score (nSPS) is 12.7. The number of carbonyl (C=O) groups excluding carboxylic acids is 2. The van der Waals surface area contributed by atoms with Crippen LogP contribution in [0.4, 0.5) is 10.6 Å². The SMILES string of the molecule is Cc1ccc(C(=O)NC2CC2)cc1-n1ccnc(NC(C)(C)c2ccccc2OCCN(C)C(=O)OCc2ccccc2)c1=O. The third-order valence-corrected chi connectivity index (χ3v) is 7.68. The Bertz CT molecular complexity index is 1720. The van der Waals surface area contributed by atoms with Crippen LogP contribution in [0.3, 0.4) is 0 Å². The molecular formula is C35H39N5O5. The lowest BCUT2D eigenvalue weighted by molar-refractivity contribution is 0.0950. The van der Waals surface area contributed by atoms with Crippen LogP contribution in [-0.4, -0.2) is 52.7 Å². The summed E-state index contributed by atoms with van der Waals surface area (Å²) in [6, 6.07) is 22.6. The first kappa shape index (κ1) is 31.3. The summed E-state index contributed by atoms with van der Waals surface area (Å²) in [7, 11) is 1.66. The maximum absolute atomic E-state index is 13.7. The van der Waals surface area contributed by atoms with Crippen LogP contribution in [-0.2, 0) is 16.9 Å². The van der Waals surface area contributed by atoms with Crippen molar-refractivity contribution < 1.29 is 19.1 Å². The minimum absolute atomic E-state index is 0.146. The van der Waals surface area contributed by atoms with Gasteiger partial charge in [-0.2, -0.15) is 0 Å².